The van der Waals surface area contributed by atoms with E-state index in [1.165, 1.54) is 25.7 Å². The molecule has 1 unspecified atom stereocenters. The van der Waals surface area contributed by atoms with Crippen LogP contribution in [0, 0.1) is 0 Å². The maximum absolute atomic E-state index is 9.88. The molecule has 1 nitrogen and oxygen atoms in total. The number of thiophene rings is 1. The second-order valence-corrected chi connectivity index (χ2v) is 6.19. The van der Waals surface area contributed by atoms with Crippen LogP contribution in [0.5, 0.6) is 0 Å². The molecule has 1 rings (SSSR count). The van der Waals surface area contributed by atoms with Crippen molar-refractivity contribution in [2.45, 2.75) is 51.6 Å². The van der Waals surface area contributed by atoms with Gasteiger partial charge in [0.2, 0.25) is 0 Å². The van der Waals surface area contributed by atoms with Crippen LogP contribution in [0.4, 0.5) is 0 Å². The largest absolute Gasteiger partial charge is 0.388 e. The molecule has 0 saturated heterocycles. The van der Waals surface area contributed by atoms with Crippen LogP contribution < -0.4 is 0 Å². The van der Waals surface area contributed by atoms with Crippen LogP contribution in [0.25, 0.3) is 0 Å². The zero-order valence-corrected chi connectivity index (χ0v) is 11.6. The first-order valence-electron chi connectivity index (χ1n) is 5.66. The fraction of sp³-hybridized carbons (Fsp3) is 0.667. The maximum Gasteiger partial charge on any atom is 0.0798 e. The van der Waals surface area contributed by atoms with E-state index in [9.17, 15) is 5.11 Å². The van der Waals surface area contributed by atoms with Crippen LogP contribution in [-0.2, 0) is 0 Å². The molecule has 1 atom stereocenters. The fourth-order valence-electron chi connectivity index (χ4n) is 1.61. The molecule has 0 aromatic carbocycles. The molecule has 0 radical (unpaired) electrons. The minimum atomic E-state index is -0.269. The van der Waals surface area contributed by atoms with E-state index >= 15 is 0 Å². The molecule has 0 saturated carbocycles. The molecule has 1 heterocycles. The van der Waals surface area contributed by atoms with E-state index in [4.69, 9.17) is 0 Å². The normalized spacial score (nSPS) is 13.0. The molecular weight excluding hydrogens is 272 g/mol. The average molecular weight is 291 g/mol. The van der Waals surface area contributed by atoms with Crippen LogP contribution in [0.2, 0.25) is 0 Å². The third-order valence-electron chi connectivity index (χ3n) is 2.55. The summed E-state index contributed by atoms with van der Waals surface area (Å²) in [5.41, 5.74) is 1.06. The van der Waals surface area contributed by atoms with Crippen LogP contribution in [0.1, 0.15) is 57.1 Å². The lowest BCUT2D eigenvalue weighted by atomic mass is 10.0. The fourth-order valence-corrected chi connectivity index (χ4v) is 2.83. The Kier molecular flexibility index (Phi) is 6.53. The lowest BCUT2D eigenvalue weighted by Crippen LogP contribution is -1.95. The third kappa shape index (κ3) is 5.14. The Morgan fingerprint density at radius 3 is 2.67 bits per heavy atom. The lowest BCUT2D eigenvalue weighted by molar-refractivity contribution is 0.164. The Labute approximate surface area is 105 Å². The van der Waals surface area contributed by atoms with Crippen molar-refractivity contribution in [1.82, 2.24) is 0 Å². The van der Waals surface area contributed by atoms with E-state index in [1.807, 2.05) is 11.4 Å². The van der Waals surface area contributed by atoms with Gasteiger partial charge in [-0.05, 0) is 39.4 Å². The van der Waals surface area contributed by atoms with E-state index in [0.717, 1.165) is 22.2 Å². The van der Waals surface area contributed by atoms with E-state index in [-0.39, 0.29) is 6.10 Å². The van der Waals surface area contributed by atoms with Gasteiger partial charge in [0.05, 0.1) is 9.89 Å². The van der Waals surface area contributed by atoms with Gasteiger partial charge in [-0.3, -0.25) is 0 Å². The monoisotopic (exact) mass is 290 g/mol. The third-order valence-corrected chi connectivity index (χ3v) is 4.08. The van der Waals surface area contributed by atoms with Gasteiger partial charge in [0.25, 0.3) is 0 Å². The van der Waals surface area contributed by atoms with Gasteiger partial charge in [0, 0.05) is 0 Å². The van der Waals surface area contributed by atoms with E-state index in [1.54, 1.807) is 11.3 Å². The number of unbranched alkanes of at least 4 members (excludes halogenated alkanes) is 4. The summed E-state index contributed by atoms with van der Waals surface area (Å²) in [5.74, 6) is 0. The van der Waals surface area contributed by atoms with Gasteiger partial charge in [-0.2, -0.15) is 0 Å². The van der Waals surface area contributed by atoms with Crippen LogP contribution in [-0.4, -0.2) is 5.11 Å². The molecule has 0 aliphatic rings. The van der Waals surface area contributed by atoms with Crippen LogP contribution >= 0.6 is 27.3 Å². The topological polar surface area (TPSA) is 20.2 Å². The summed E-state index contributed by atoms with van der Waals surface area (Å²) in [6.45, 7) is 2.22. The molecule has 0 bridgehead atoms. The highest BCUT2D eigenvalue weighted by Gasteiger charge is 2.08. The maximum atomic E-state index is 9.88. The first kappa shape index (κ1) is 13.2. The Morgan fingerprint density at radius 1 is 1.33 bits per heavy atom. The number of hydrogen-bond acceptors (Lipinski definition) is 2. The van der Waals surface area contributed by atoms with E-state index in [0.29, 0.717) is 0 Å². The van der Waals surface area contributed by atoms with Gasteiger partial charge >= 0.3 is 0 Å². The van der Waals surface area contributed by atoms with Crippen molar-refractivity contribution in [2.24, 2.45) is 0 Å². The number of aliphatic hydroxyl groups is 1. The Bertz CT molecular complexity index is 272. The van der Waals surface area contributed by atoms with Crippen molar-refractivity contribution < 1.29 is 5.11 Å². The number of rotatable bonds is 7. The molecule has 1 aromatic rings. The summed E-state index contributed by atoms with van der Waals surface area (Å²) < 4.78 is 1.10. The molecule has 1 aromatic heterocycles. The molecule has 0 amide bonds. The van der Waals surface area contributed by atoms with E-state index < -0.39 is 0 Å². The molecular formula is C12H19BrOS. The van der Waals surface area contributed by atoms with Gasteiger partial charge in [-0.15, -0.1) is 11.3 Å². The van der Waals surface area contributed by atoms with Crippen molar-refractivity contribution in [3.05, 3.63) is 20.8 Å². The Balaban J connectivity index is 2.16. The SMILES string of the molecule is CCCCCCCC(O)c1csc(Br)c1. The van der Waals surface area contributed by atoms with Gasteiger partial charge in [0.15, 0.2) is 0 Å². The minimum Gasteiger partial charge on any atom is -0.388 e. The van der Waals surface area contributed by atoms with Gasteiger partial charge < -0.3 is 5.11 Å². The summed E-state index contributed by atoms with van der Waals surface area (Å²) in [6, 6.07) is 2.02. The molecule has 0 spiro atoms. The average Bonchev–Trinajstić information content (AvgIpc) is 2.64. The summed E-state index contributed by atoms with van der Waals surface area (Å²) in [5, 5.41) is 11.9. The predicted octanol–water partition coefficient (Wildman–Crippen LogP) is 4.90. The van der Waals surface area contributed by atoms with Crippen molar-refractivity contribution in [3.8, 4) is 0 Å². The molecule has 0 aliphatic carbocycles. The molecule has 3 heteroatoms. The highest BCUT2D eigenvalue weighted by Crippen LogP contribution is 2.28. The number of aliphatic hydroxyl groups excluding tert-OH is 1. The van der Waals surface area contributed by atoms with Crippen molar-refractivity contribution in [1.29, 1.82) is 0 Å². The van der Waals surface area contributed by atoms with Crippen LogP contribution in [0.3, 0.4) is 0 Å². The molecule has 0 aliphatic heterocycles. The Hall–Kier alpha value is 0.140. The first-order chi connectivity index (χ1) is 7.24. The number of hydrogen-bond donors (Lipinski definition) is 1. The summed E-state index contributed by atoms with van der Waals surface area (Å²) in [7, 11) is 0. The van der Waals surface area contributed by atoms with Gasteiger partial charge in [-0.1, -0.05) is 39.0 Å². The van der Waals surface area contributed by atoms with Gasteiger partial charge in [0.1, 0.15) is 0 Å². The van der Waals surface area contributed by atoms with Gasteiger partial charge in [-0.25, -0.2) is 0 Å². The van der Waals surface area contributed by atoms with E-state index in [2.05, 4.69) is 22.9 Å². The molecule has 0 fully saturated rings. The zero-order valence-electron chi connectivity index (χ0n) is 9.21. The molecule has 1 N–H and O–H groups in total. The summed E-state index contributed by atoms with van der Waals surface area (Å²) in [4.78, 5) is 0. The minimum absolute atomic E-state index is 0.269. The highest BCUT2D eigenvalue weighted by molar-refractivity contribution is 9.11. The van der Waals surface area contributed by atoms with Crippen molar-refractivity contribution >= 4 is 27.3 Å². The molecule has 86 valence electrons. The Morgan fingerprint density at radius 2 is 2.07 bits per heavy atom. The first-order valence-corrected chi connectivity index (χ1v) is 7.33. The summed E-state index contributed by atoms with van der Waals surface area (Å²) in [6.07, 6.45) is 6.91. The lowest BCUT2D eigenvalue weighted by Gasteiger charge is -2.07. The second kappa shape index (κ2) is 7.42. The smallest absolute Gasteiger partial charge is 0.0798 e. The molecule has 15 heavy (non-hydrogen) atoms. The standard InChI is InChI=1S/C12H19BrOS/c1-2-3-4-5-6-7-11(14)10-8-12(13)15-9-10/h8-9,11,14H,2-7H2,1H3. The quantitative estimate of drug-likeness (QED) is 0.708. The highest BCUT2D eigenvalue weighted by atomic mass is 79.9. The predicted molar refractivity (Wildman–Crippen MR) is 70.4 cm³/mol. The summed E-state index contributed by atoms with van der Waals surface area (Å²) >= 11 is 5.05. The zero-order chi connectivity index (χ0) is 11.1. The van der Waals surface area contributed by atoms with Crippen molar-refractivity contribution in [3.63, 3.8) is 0 Å². The second-order valence-electron chi connectivity index (χ2n) is 3.90. The van der Waals surface area contributed by atoms with Crippen LogP contribution in [0.15, 0.2) is 15.2 Å². The number of halogens is 1. The van der Waals surface area contributed by atoms with Crippen molar-refractivity contribution in [2.75, 3.05) is 0 Å².